The highest BCUT2D eigenvalue weighted by atomic mass is 19.1. The lowest BCUT2D eigenvalue weighted by atomic mass is 10.2. The van der Waals surface area contributed by atoms with Gasteiger partial charge in [0.2, 0.25) is 0 Å². The number of aliphatic hydroxyl groups is 1. The number of hydrogen-bond acceptors (Lipinski definition) is 3. The minimum absolute atomic E-state index is 0.128. The van der Waals surface area contributed by atoms with E-state index in [-0.39, 0.29) is 10.9 Å². The van der Waals surface area contributed by atoms with Gasteiger partial charge in [0.05, 0.1) is 17.6 Å². The maximum absolute atomic E-state index is 12.8. The van der Waals surface area contributed by atoms with E-state index in [1.807, 2.05) is 0 Å². The molecule has 0 saturated heterocycles. The van der Waals surface area contributed by atoms with Crippen molar-refractivity contribution in [3.05, 3.63) is 46.1 Å². The van der Waals surface area contributed by atoms with E-state index >= 15 is 0 Å². The first-order chi connectivity index (χ1) is 6.72. The standard InChI is InChI=1S/C10H7FO3/c11-7-1-2-9-8(3-7)10(13)6(4-12)5-14-9/h1-3,5,12H,4H2. The maximum atomic E-state index is 12.8. The summed E-state index contributed by atoms with van der Waals surface area (Å²) in [5.74, 6) is -0.500. The van der Waals surface area contributed by atoms with Crippen molar-refractivity contribution in [2.24, 2.45) is 0 Å². The topological polar surface area (TPSA) is 50.4 Å². The Balaban J connectivity index is 2.87. The molecule has 3 nitrogen and oxygen atoms in total. The fourth-order valence-corrected chi connectivity index (χ4v) is 1.25. The minimum Gasteiger partial charge on any atom is -0.464 e. The Morgan fingerprint density at radius 2 is 2.21 bits per heavy atom. The molecule has 2 rings (SSSR count). The molecular weight excluding hydrogens is 187 g/mol. The summed E-state index contributed by atoms with van der Waals surface area (Å²) in [4.78, 5) is 11.5. The predicted molar refractivity (Wildman–Crippen MR) is 48.4 cm³/mol. The van der Waals surface area contributed by atoms with Gasteiger partial charge in [0.1, 0.15) is 17.7 Å². The third-order valence-electron chi connectivity index (χ3n) is 1.98. The van der Waals surface area contributed by atoms with Gasteiger partial charge in [-0.15, -0.1) is 0 Å². The van der Waals surface area contributed by atoms with Crippen LogP contribution in [0.2, 0.25) is 0 Å². The molecular formula is C10H7FO3. The van der Waals surface area contributed by atoms with E-state index < -0.39 is 17.9 Å². The molecule has 0 aliphatic carbocycles. The Bertz CT molecular complexity index is 530. The van der Waals surface area contributed by atoms with Crippen LogP contribution in [-0.4, -0.2) is 5.11 Å². The van der Waals surface area contributed by atoms with Crippen molar-refractivity contribution in [1.82, 2.24) is 0 Å². The molecule has 2 aromatic rings. The molecule has 0 aliphatic rings. The summed E-state index contributed by atoms with van der Waals surface area (Å²) < 4.78 is 17.9. The normalized spacial score (nSPS) is 10.7. The number of halogens is 1. The van der Waals surface area contributed by atoms with Crippen LogP contribution >= 0.6 is 0 Å². The molecule has 14 heavy (non-hydrogen) atoms. The monoisotopic (exact) mass is 194 g/mol. The summed E-state index contributed by atoms with van der Waals surface area (Å²) in [7, 11) is 0. The fraction of sp³-hybridized carbons (Fsp3) is 0.100. The second kappa shape index (κ2) is 3.23. The summed E-state index contributed by atoms with van der Waals surface area (Å²) in [5.41, 5.74) is 0.0463. The fourth-order valence-electron chi connectivity index (χ4n) is 1.25. The van der Waals surface area contributed by atoms with Crippen LogP contribution in [0.25, 0.3) is 11.0 Å². The summed E-state index contributed by atoms with van der Waals surface area (Å²) in [6.45, 7) is -0.408. The van der Waals surface area contributed by atoms with E-state index in [1.165, 1.54) is 18.4 Å². The zero-order valence-corrected chi connectivity index (χ0v) is 7.16. The molecule has 4 heteroatoms. The van der Waals surface area contributed by atoms with Gasteiger partial charge in [0, 0.05) is 0 Å². The van der Waals surface area contributed by atoms with E-state index in [4.69, 9.17) is 9.52 Å². The average Bonchev–Trinajstić information content (AvgIpc) is 2.20. The Morgan fingerprint density at radius 3 is 2.93 bits per heavy atom. The molecule has 1 aromatic carbocycles. The molecule has 1 heterocycles. The Morgan fingerprint density at radius 1 is 1.43 bits per heavy atom. The van der Waals surface area contributed by atoms with Crippen LogP contribution in [0.5, 0.6) is 0 Å². The minimum atomic E-state index is -0.500. The van der Waals surface area contributed by atoms with E-state index in [0.717, 1.165) is 6.07 Å². The van der Waals surface area contributed by atoms with E-state index in [2.05, 4.69) is 0 Å². The summed E-state index contributed by atoms with van der Waals surface area (Å²) in [5, 5.41) is 8.94. The smallest absolute Gasteiger partial charge is 0.198 e. The third kappa shape index (κ3) is 1.29. The van der Waals surface area contributed by atoms with E-state index in [1.54, 1.807) is 0 Å². The lowest BCUT2D eigenvalue weighted by Crippen LogP contribution is -2.08. The summed E-state index contributed by atoms with van der Waals surface area (Å²) in [6, 6.07) is 3.69. The molecule has 0 radical (unpaired) electrons. The van der Waals surface area contributed by atoms with Crippen molar-refractivity contribution in [2.45, 2.75) is 6.61 Å². The van der Waals surface area contributed by atoms with Crippen LogP contribution in [0, 0.1) is 5.82 Å². The van der Waals surface area contributed by atoms with Crippen LogP contribution in [-0.2, 0) is 6.61 Å². The SMILES string of the molecule is O=c1c(CO)coc2ccc(F)cc12. The van der Waals surface area contributed by atoms with Crippen molar-refractivity contribution in [2.75, 3.05) is 0 Å². The first-order valence-electron chi connectivity index (χ1n) is 4.03. The second-order valence-corrected chi connectivity index (χ2v) is 2.89. The summed E-state index contributed by atoms with van der Waals surface area (Å²) >= 11 is 0. The van der Waals surface area contributed by atoms with Crippen LogP contribution in [0.15, 0.2) is 33.7 Å². The molecule has 0 bridgehead atoms. The van der Waals surface area contributed by atoms with Gasteiger partial charge >= 0.3 is 0 Å². The third-order valence-corrected chi connectivity index (χ3v) is 1.98. The van der Waals surface area contributed by atoms with Crippen molar-refractivity contribution in [3.8, 4) is 0 Å². The molecule has 1 aromatic heterocycles. The number of fused-ring (bicyclic) bond motifs is 1. The zero-order valence-electron chi connectivity index (χ0n) is 7.16. The molecule has 0 aliphatic heterocycles. The first kappa shape index (κ1) is 8.90. The van der Waals surface area contributed by atoms with Gasteiger partial charge in [-0.25, -0.2) is 4.39 Å². The molecule has 0 spiro atoms. The van der Waals surface area contributed by atoms with Crippen LogP contribution < -0.4 is 5.43 Å². The Kier molecular flexibility index (Phi) is 2.05. The van der Waals surface area contributed by atoms with Crippen LogP contribution in [0.4, 0.5) is 4.39 Å². The molecule has 1 N–H and O–H groups in total. The second-order valence-electron chi connectivity index (χ2n) is 2.89. The number of aliphatic hydroxyl groups excluding tert-OH is 1. The highest BCUT2D eigenvalue weighted by Crippen LogP contribution is 2.12. The zero-order chi connectivity index (χ0) is 10.1. The summed E-state index contributed by atoms with van der Waals surface area (Å²) in [6.07, 6.45) is 1.18. The van der Waals surface area contributed by atoms with Gasteiger partial charge in [-0.2, -0.15) is 0 Å². The maximum Gasteiger partial charge on any atom is 0.198 e. The van der Waals surface area contributed by atoms with Crippen molar-refractivity contribution >= 4 is 11.0 Å². The molecule has 72 valence electrons. The van der Waals surface area contributed by atoms with Crippen molar-refractivity contribution in [1.29, 1.82) is 0 Å². The van der Waals surface area contributed by atoms with E-state index in [9.17, 15) is 9.18 Å². The van der Waals surface area contributed by atoms with Gasteiger partial charge in [-0.1, -0.05) is 0 Å². The number of hydrogen-bond donors (Lipinski definition) is 1. The van der Waals surface area contributed by atoms with E-state index in [0.29, 0.717) is 5.58 Å². The van der Waals surface area contributed by atoms with Crippen LogP contribution in [0.3, 0.4) is 0 Å². The van der Waals surface area contributed by atoms with Crippen LogP contribution in [0.1, 0.15) is 5.56 Å². The number of benzene rings is 1. The highest BCUT2D eigenvalue weighted by Gasteiger charge is 2.06. The largest absolute Gasteiger partial charge is 0.464 e. The Labute approximate surface area is 78.4 Å². The number of rotatable bonds is 1. The molecule has 0 unspecified atom stereocenters. The molecule has 0 amide bonds. The van der Waals surface area contributed by atoms with Gasteiger partial charge in [0.15, 0.2) is 5.43 Å². The Hall–Kier alpha value is -1.68. The lowest BCUT2D eigenvalue weighted by molar-refractivity contribution is 0.277. The van der Waals surface area contributed by atoms with Gasteiger partial charge in [0.25, 0.3) is 0 Å². The lowest BCUT2D eigenvalue weighted by Gasteiger charge is -1.98. The molecule has 0 atom stereocenters. The highest BCUT2D eigenvalue weighted by molar-refractivity contribution is 5.76. The van der Waals surface area contributed by atoms with Gasteiger partial charge < -0.3 is 9.52 Å². The van der Waals surface area contributed by atoms with Gasteiger partial charge in [-0.3, -0.25) is 4.79 Å². The van der Waals surface area contributed by atoms with Crippen molar-refractivity contribution < 1.29 is 13.9 Å². The molecule has 0 saturated carbocycles. The van der Waals surface area contributed by atoms with Gasteiger partial charge in [-0.05, 0) is 18.2 Å². The first-order valence-corrected chi connectivity index (χ1v) is 4.03. The predicted octanol–water partition coefficient (Wildman–Crippen LogP) is 1.42. The van der Waals surface area contributed by atoms with Crippen molar-refractivity contribution in [3.63, 3.8) is 0 Å². The quantitative estimate of drug-likeness (QED) is 0.746. The molecule has 0 fully saturated rings. The average molecular weight is 194 g/mol.